The molecular formula is C21H24O3. The zero-order valence-corrected chi connectivity index (χ0v) is 14.3. The molecule has 0 spiro atoms. The topological polar surface area (TPSA) is 54.4 Å². The third-order valence-corrected chi connectivity index (χ3v) is 4.34. The standard InChI is InChI=1S/C21H24O3/c1-3-15(2)12-17-8-10-18(11-9-17)20(22)14-19(21(23)24)13-16-6-4-5-7-16/h4-6,8-11,13,15H,3,7,12,14H2,1-2H3,(H,23,24). The van der Waals surface area contributed by atoms with E-state index in [0.29, 0.717) is 11.5 Å². The highest BCUT2D eigenvalue weighted by atomic mass is 16.4. The van der Waals surface area contributed by atoms with Crippen LogP contribution in [0.3, 0.4) is 0 Å². The van der Waals surface area contributed by atoms with Crippen molar-refractivity contribution in [1.82, 2.24) is 0 Å². The number of allylic oxidation sites excluding steroid dienone is 5. The molecule has 1 N–H and O–H groups in total. The van der Waals surface area contributed by atoms with Gasteiger partial charge < -0.3 is 5.11 Å². The monoisotopic (exact) mass is 324 g/mol. The largest absolute Gasteiger partial charge is 0.478 e. The van der Waals surface area contributed by atoms with Gasteiger partial charge in [-0.2, -0.15) is 0 Å². The zero-order chi connectivity index (χ0) is 17.5. The number of carbonyl (C=O) groups is 2. The van der Waals surface area contributed by atoms with E-state index in [1.54, 1.807) is 18.2 Å². The van der Waals surface area contributed by atoms with Gasteiger partial charge in [-0.1, -0.05) is 62.8 Å². The summed E-state index contributed by atoms with van der Waals surface area (Å²) in [6, 6.07) is 7.53. The Bertz CT molecular complexity index is 690. The number of rotatable bonds is 8. The molecule has 0 radical (unpaired) electrons. The molecule has 0 bridgehead atoms. The van der Waals surface area contributed by atoms with E-state index < -0.39 is 5.97 Å². The predicted octanol–water partition coefficient (Wildman–Crippen LogP) is 4.75. The Labute approximate surface area is 143 Å². The summed E-state index contributed by atoms with van der Waals surface area (Å²) in [5.41, 5.74) is 2.83. The highest BCUT2D eigenvalue weighted by molar-refractivity contribution is 6.03. The molecule has 3 heteroatoms. The summed E-state index contributed by atoms with van der Waals surface area (Å²) >= 11 is 0. The summed E-state index contributed by atoms with van der Waals surface area (Å²) in [7, 11) is 0. The van der Waals surface area contributed by atoms with Crippen LogP contribution in [0.15, 0.2) is 59.7 Å². The van der Waals surface area contributed by atoms with E-state index in [1.165, 1.54) is 5.56 Å². The maximum Gasteiger partial charge on any atom is 0.332 e. The smallest absolute Gasteiger partial charge is 0.332 e. The van der Waals surface area contributed by atoms with Crippen LogP contribution in [0, 0.1) is 5.92 Å². The second-order valence-corrected chi connectivity index (χ2v) is 6.36. The molecule has 0 aliphatic heterocycles. The summed E-state index contributed by atoms with van der Waals surface area (Å²) in [4.78, 5) is 23.8. The Morgan fingerprint density at radius 3 is 2.50 bits per heavy atom. The number of hydrogen-bond donors (Lipinski definition) is 1. The fraction of sp³-hybridized carbons (Fsp3) is 0.333. The molecule has 1 aliphatic rings. The van der Waals surface area contributed by atoms with Gasteiger partial charge in [-0.05, 0) is 36.0 Å². The SMILES string of the molecule is CCC(C)Cc1ccc(C(=O)CC(=CC2=CC=CC2)C(=O)O)cc1. The van der Waals surface area contributed by atoms with Crippen LogP contribution in [0.25, 0.3) is 0 Å². The number of carboxylic acid groups (broad SMARTS) is 1. The Morgan fingerprint density at radius 2 is 1.96 bits per heavy atom. The van der Waals surface area contributed by atoms with Gasteiger partial charge in [-0.3, -0.25) is 4.79 Å². The zero-order valence-electron chi connectivity index (χ0n) is 14.3. The maximum atomic E-state index is 12.4. The molecule has 0 aromatic heterocycles. The van der Waals surface area contributed by atoms with E-state index in [4.69, 9.17) is 0 Å². The Hall–Kier alpha value is -2.42. The number of Topliss-reactive ketones (excluding diaryl/α,β-unsaturated/α-hetero) is 1. The van der Waals surface area contributed by atoms with Crippen molar-refractivity contribution in [3.8, 4) is 0 Å². The summed E-state index contributed by atoms with van der Waals surface area (Å²) in [6.45, 7) is 4.37. The molecule has 126 valence electrons. The Balaban J connectivity index is 2.06. The summed E-state index contributed by atoms with van der Waals surface area (Å²) in [6.07, 6.45) is 10.1. The average Bonchev–Trinajstić information content (AvgIpc) is 3.07. The first-order chi connectivity index (χ1) is 11.5. The van der Waals surface area contributed by atoms with E-state index in [2.05, 4.69) is 13.8 Å². The summed E-state index contributed by atoms with van der Waals surface area (Å²) < 4.78 is 0. The van der Waals surface area contributed by atoms with E-state index in [-0.39, 0.29) is 17.8 Å². The third-order valence-electron chi connectivity index (χ3n) is 4.34. The van der Waals surface area contributed by atoms with Crippen LogP contribution in [0.1, 0.15) is 49.0 Å². The molecular weight excluding hydrogens is 300 g/mol. The van der Waals surface area contributed by atoms with Crippen molar-refractivity contribution in [1.29, 1.82) is 0 Å². The number of carboxylic acids is 1. The average molecular weight is 324 g/mol. The molecule has 1 aromatic carbocycles. The molecule has 1 atom stereocenters. The van der Waals surface area contributed by atoms with Crippen LogP contribution in [-0.4, -0.2) is 16.9 Å². The molecule has 1 unspecified atom stereocenters. The van der Waals surface area contributed by atoms with E-state index in [0.717, 1.165) is 24.8 Å². The fourth-order valence-corrected chi connectivity index (χ4v) is 2.63. The molecule has 0 heterocycles. The van der Waals surface area contributed by atoms with Gasteiger partial charge in [-0.15, -0.1) is 0 Å². The minimum absolute atomic E-state index is 0.0859. The molecule has 3 nitrogen and oxygen atoms in total. The molecule has 0 saturated heterocycles. The number of ketones is 1. The summed E-state index contributed by atoms with van der Waals surface area (Å²) in [5, 5.41) is 9.33. The van der Waals surface area contributed by atoms with Crippen LogP contribution in [0.2, 0.25) is 0 Å². The van der Waals surface area contributed by atoms with Gasteiger partial charge in [0.25, 0.3) is 0 Å². The number of benzene rings is 1. The van der Waals surface area contributed by atoms with E-state index in [9.17, 15) is 14.7 Å². The van der Waals surface area contributed by atoms with Crippen LogP contribution in [0.4, 0.5) is 0 Å². The van der Waals surface area contributed by atoms with Gasteiger partial charge in [0.15, 0.2) is 5.78 Å². The number of aliphatic carboxylic acids is 1. The van der Waals surface area contributed by atoms with Crippen LogP contribution < -0.4 is 0 Å². The second kappa shape index (κ2) is 8.44. The van der Waals surface area contributed by atoms with Crippen molar-refractivity contribution in [2.24, 2.45) is 5.92 Å². The quantitative estimate of drug-likeness (QED) is 0.555. The molecule has 1 aromatic rings. The van der Waals surface area contributed by atoms with Gasteiger partial charge in [0.05, 0.1) is 0 Å². The molecule has 1 aliphatic carbocycles. The summed E-state index contributed by atoms with van der Waals surface area (Å²) in [5.74, 6) is -0.587. The lowest BCUT2D eigenvalue weighted by Crippen LogP contribution is -2.08. The predicted molar refractivity (Wildman–Crippen MR) is 96.1 cm³/mol. The van der Waals surface area contributed by atoms with E-state index >= 15 is 0 Å². The fourth-order valence-electron chi connectivity index (χ4n) is 2.63. The number of carbonyl (C=O) groups excluding carboxylic acids is 1. The first kappa shape index (κ1) is 17.9. The van der Waals surface area contributed by atoms with Crippen LogP contribution in [0.5, 0.6) is 0 Å². The van der Waals surface area contributed by atoms with Crippen molar-refractivity contribution >= 4 is 11.8 Å². The van der Waals surface area contributed by atoms with Crippen molar-refractivity contribution in [2.45, 2.75) is 39.5 Å². The first-order valence-corrected chi connectivity index (χ1v) is 8.41. The molecule has 2 rings (SSSR count). The minimum Gasteiger partial charge on any atom is -0.478 e. The molecule has 0 amide bonds. The van der Waals surface area contributed by atoms with E-state index in [1.807, 2.05) is 30.4 Å². The number of hydrogen-bond acceptors (Lipinski definition) is 2. The lowest BCUT2D eigenvalue weighted by Gasteiger charge is -2.09. The lowest BCUT2D eigenvalue weighted by atomic mass is 9.96. The van der Waals surface area contributed by atoms with Crippen molar-refractivity contribution in [3.63, 3.8) is 0 Å². The highest BCUT2D eigenvalue weighted by Crippen LogP contribution is 2.18. The van der Waals surface area contributed by atoms with Gasteiger partial charge in [0.1, 0.15) is 0 Å². The molecule has 24 heavy (non-hydrogen) atoms. The van der Waals surface area contributed by atoms with Gasteiger partial charge in [0.2, 0.25) is 0 Å². The lowest BCUT2D eigenvalue weighted by molar-refractivity contribution is -0.132. The highest BCUT2D eigenvalue weighted by Gasteiger charge is 2.15. The molecule has 0 fully saturated rings. The van der Waals surface area contributed by atoms with Crippen LogP contribution >= 0.6 is 0 Å². The Morgan fingerprint density at radius 1 is 1.25 bits per heavy atom. The Kier molecular flexibility index (Phi) is 6.30. The van der Waals surface area contributed by atoms with Crippen molar-refractivity contribution < 1.29 is 14.7 Å². The molecule has 0 saturated carbocycles. The van der Waals surface area contributed by atoms with Crippen molar-refractivity contribution in [2.75, 3.05) is 0 Å². The second-order valence-electron chi connectivity index (χ2n) is 6.36. The normalized spacial score (nSPS) is 15.2. The minimum atomic E-state index is -1.04. The van der Waals surface area contributed by atoms with Gasteiger partial charge >= 0.3 is 5.97 Å². The van der Waals surface area contributed by atoms with Gasteiger partial charge in [0, 0.05) is 17.6 Å². The van der Waals surface area contributed by atoms with Crippen molar-refractivity contribution in [3.05, 3.63) is 70.8 Å². The maximum absolute atomic E-state index is 12.4. The first-order valence-electron chi connectivity index (χ1n) is 8.41. The van der Waals surface area contributed by atoms with Crippen LogP contribution in [-0.2, 0) is 11.2 Å². The van der Waals surface area contributed by atoms with Gasteiger partial charge in [-0.25, -0.2) is 4.79 Å². The third kappa shape index (κ3) is 5.05.